The predicted molar refractivity (Wildman–Crippen MR) is 55.8 cm³/mol. The molecule has 0 saturated carbocycles. The van der Waals surface area contributed by atoms with Crippen molar-refractivity contribution < 1.29 is 14.7 Å². The number of nitrogens with one attached hydrogen (secondary N) is 1. The highest BCUT2D eigenvalue weighted by Gasteiger charge is 2.27. The van der Waals surface area contributed by atoms with Gasteiger partial charge in [0.15, 0.2) is 0 Å². The van der Waals surface area contributed by atoms with Crippen LogP contribution >= 0.6 is 0 Å². The maximum absolute atomic E-state index is 11.7. The van der Waals surface area contributed by atoms with Gasteiger partial charge in [-0.3, -0.25) is 0 Å². The highest BCUT2D eigenvalue weighted by Crippen LogP contribution is 2.14. The van der Waals surface area contributed by atoms with Gasteiger partial charge in [-0.1, -0.05) is 0 Å². The summed E-state index contributed by atoms with van der Waals surface area (Å²) in [6.45, 7) is 6.74. The van der Waals surface area contributed by atoms with Crippen molar-refractivity contribution in [2.24, 2.45) is 0 Å². The van der Waals surface area contributed by atoms with Crippen LogP contribution in [0.25, 0.3) is 0 Å². The number of nitrogens with zero attached hydrogens (tertiary/aromatic N) is 1. The van der Waals surface area contributed by atoms with Crippen molar-refractivity contribution in [3.8, 4) is 0 Å². The molecular weight excluding hydrogens is 196 g/mol. The molecule has 88 valence electrons. The highest BCUT2D eigenvalue weighted by atomic mass is 16.6. The molecule has 0 spiro atoms. The smallest absolute Gasteiger partial charge is 0.410 e. The molecule has 1 fully saturated rings. The fourth-order valence-corrected chi connectivity index (χ4v) is 1.57. The first-order valence-electron chi connectivity index (χ1n) is 5.30. The van der Waals surface area contributed by atoms with Gasteiger partial charge in [-0.2, -0.15) is 0 Å². The Bertz CT molecular complexity index is 225. The van der Waals surface area contributed by atoms with Gasteiger partial charge in [-0.05, 0) is 33.6 Å². The Morgan fingerprint density at radius 1 is 1.53 bits per heavy atom. The number of rotatable bonds is 1. The van der Waals surface area contributed by atoms with E-state index in [1.165, 1.54) is 0 Å². The Hall–Kier alpha value is -0.810. The van der Waals surface area contributed by atoms with Crippen LogP contribution in [-0.2, 0) is 4.74 Å². The van der Waals surface area contributed by atoms with Gasteiger partial charge in [0.1, 0.15) is 5.60 Å². The molecule has 0 aromatic carbocycles. The summed E-state index contributed by atoms with van der Waals surface area (Å²) in [6.07, 6.45) is 1.47. The largest absolute Gasteiger partial charge is 0.444 e. The number of piperidine rings is 1. The Labute approximate surface area is 90.4 Å². The molecule has 5 nitrogen and oxygen atoms in total. The van der Waals surface area contributed by atoms with Crippen molar-refractivity contribution >= 4 is 6.09 Å². The first-order chi connectivity index (χ1) is 6.92. The lowest BCUT2D eigenvalue weighted by molar-refractivity contribution is 0.0103. The minimum atomic E-state index is -0.462. The van der Waals surface area contributed by atoms with E-state index in [9.17, 15) is 4.79 Å². The zero-order valence-corrected chi connectivity index (χ0v) is 9.62. The van der Waals surface area contributed by atoms with Gasteiger partial charge in [0, 0.05) is 19.1 Å². The maximum atomic E-state index is 11.7. The van der Waals surface area contributed by atoms with Crippen LogP contribution in [0.3, 0.4) is 0 Å². The fraction of sp³-hybridized carbons (Fsp3) is 0.900. The maximum Gasteiger partial charge on any atom is 0.410 e. The molecule has 2 N–H and O–H groups in total. The Morgan fingerprint density at radius 3 is 2.73 bits per heavy atom. The van der Waals surface area contributed by atoms with Crippen LogP contribution in [0, 0.1) is 0 Å². The molecule has 1 atom stereocenters. The summed E-state index contributed by atoms with van der Waals surface area (Å²) in [5.41, 5.74) is 1.74. The van der Waals surface area contributed by atoms with Crippen molar-refractivity contribution in [1.82, 2.24) is 10.4 Å². The minimum Gasteiger partial charge on any atom is -0.444 e. The summed E-state index contributed by atoms with van der Waals surface area (Å²) in [4.78, 5) is 13.3. The number of carbonyl (C=O) groups excluding carboxylic acids is 1. The molecule has 1 saturated heterocycles. The molecule has 1 unspecified atom stereocenters. The number of ether oxygens (including phenoxy) is 1. The average Bonchev–Trinajstić information content (AvgIpc) is 2.15. The number of amides is 1. The van der Waals surface area contributed by atoms with Crippen LogP contribution in [0.4, 0.5) is 4.79 Å². The Balaban J connectivity index is 2.45. The zero-order chi connectivity index (χ0) is 11.5. The van der Waals surface area contributed by atoms with Crippen LogP contribution in [0.1, 0.15) is 33.6 Å². The van der Waals surface area contributed by atoms with Crippen molar-refractivity contribution in [2.75, 3.05) is 13.1 Å². The standard InChI is InChI=1S/C10H20N2O3/c1-10(2,3)15-9(13)12-6-4-5-8(7-12)11-14/h8,11,14H,4-7H2,1-3H3. The van der Waals surface area contributed by atoms with E-state index in [1.54, 1.807) is 4.90 Å². The van der Waals surface area contributed by atoms with Crippen LogP contribution in [-0.4, -0.2) is 40.9 Å². The molecule has 5 heteroatoms. The lowest BCUT2D eigenvalue weighted by Crippen LogP contribution is -2.48. The SMILES string of the molecule is CC(C)(C)OC(=O)N1CCCC(NO)C1. The summed E-state index contributed by atoms with van der Waals surface area (Å²) in [6, 6.07) is -0.0359. The van der Waals surface area contributed by atoms with Crippen LogP contribution in [0.5, 0.6) is 0 Å². The first-order valence-corrected chi connectivity index (χ1v) is 5.30. The number of carbonyl (C=O) groups is 1. The van der Waals surface area contributed by atoms with Crippen LogP contribution in [0.15, 0.2) is 0 Å². The normalized spacial score (nSPS) is 22.7. The average molecular weight is 216 g/mol. The molecule has 0 aromatic rings. The van der Waals surface area contributed by atoms with E-state index < -0.39 is 5.60 Å². The molecule has 15 heavy (non-hydrogen) atoms. The van der Waals surface area contributed by atoms with Gasteiger partial charge in [-0.15, -0.1) is 0 Å². The van der Waals surface area contributed by atoms with Gasteiger partial charge >= 0.3 is 6.09 Å². The fourth-order valence-electron chi connectivity index (χ4n) is 1.57. The third kappa shape index (κ3) is 4.05. The first kappa shape index (κ1) is 12.3. The topological polar surface area (TPSA) is 61.8 Å². The van der Waals surface area contributed by atoms with Crippen molar-refractivity contribution in [3.63, 3.8) is 0 Å². The number of likely N-dealkylation sites (tertiary alicyclic amines) is 1. The second-order valence-corrected chi connectivity index (χ2v) is 4.89. The summed E-state index contributed by atoms with van der Waals surface area (Å²) < 4.78 is 5.25. The molecular formula is C10H20N2O3. The third-order valence-corrected chi connectivity index (χ3v) is 2.26. The second-order valence-electron chi connectivity index (χ2n) is 4.89. The molecule has 1 aliphatic heterocycles. The van der Waals surface area contributed by atoms with Crippen molar-refractivity contribution in [1.29, 1.82) is 0 Å². The molecule has 0 radical (unpaired) electrons. The van der Waals surface area contributed by atoms with E-state index in [0.717, 1.165) is 12.8 Å². The van der Waals surface area contributed by atoms with Gasteiger partial charge in [0.2, 0.25) is 0 Å². The minimum absolute atomic E-state index is 0.0359. The Kier molecular flexibility index (Phi) is 3.93. The summed E-state index contributed by atoms with van der Waals surface area (Å²) >= 11 is 0. The third-order valence-electron chi connectivity index (χ3n) is 2.26. The summed E-state index contributed by atoms with van der Waals surface area (Å²) in [7, 11) is 0. The molecule has 0 bridgehead atoms. The van der Waals surface area contributed by atoms with Crippen LogP contribution in [0.2, 0.25) is 0 Å². The van der Waals surface area contributed by atoms with Gasteiger partial charge in [-0.25, -0.2) is 10.3 Å². The van der Waals surface area contributed by atoms with Crippen molar-refractivity contribution in [2.45, 2.75) is 45.3 Å². The zero-order valence-electron chi connectivity index (χ0n) is 9.62. The predicted octanol–water partition coefficient (Wildman–Crippen LogP) is 1.36. The Morgan fingerprint density at radius 2 is 2.20 bits per heavy atom. The molecule has 1 rings (SSSR count). The highest BCUT2D eigenvalue weighted by molar-refractivity contribution is 5.68. The van der Waals surface area contributed by atoms with Gasteiger partial charge < -0.3 is 14.8 Å². The molecule has 1 amide bonds. The van der Waals surface area contributed by atoms with Gasteiger partial charge in [0.25, 0.3) is 0 Å². The van der Waals surface area contributed by atoms with Crippen LogP contribution < -0.4 is 5.48 Å². The number of hydroxylamine groups is 1. The van der Waals surface area contributed by atoms with E-state index >= 15 is 0 Å². The number of hydrogen-bond acceptors (Lipinski definition) is 4. The molecule has 1 heterocycles. The van der Waals surface area contributed by atoms with E-state index in [0.29, 0.717) is 13.1 Å². The number of hydrogen-bond donors (Lipinski definition) is 2. The van der Waals surface area contributed by atoms with Crippen molar-refractivity contribution in [3.05, 3.63) is 0 Å². The molecule has 0 aliphatic carbocycles. The molecule has 0 aromatic heterocycles. The van der Waals surface area contributed by atoms with E-state index in [4.69, 9.17) is 9.94 Å². The monoisotopic (exact) mass is 216 g/mol. The lowest BCUT2D eigenvalue weighted by atomic mass is 10.1. The lowest BCUT2D eigenvalue weighted by Gasteiger charge is -2.33. The quantitative estimate of drug-likeness (QED) is 0.650. The van der Waals surface area contributed by atoms with E-state index in [-0.39, 0.29) is 12.1 Å². The summed E-state index contributed by atoms with van der Waals surface area (Å²) in [5, 5.41) is 8.79. The van der Waals surface area contributed by atoms with Gasteiger partial charge in [0.05, 0.1) is 0 Å². The van der Waals surface area contributed by atoms with E-state index in [1.807, 2.05) is 20.8 Å². The summed E-state index contributed by atoms with van der Waals surface area (Å²) in [5.74, 6) is 0. The second kappa shape index (κ2) is 4.81. The molecule has 1 aliphatic rings. The van der Waals surface area contributed by atoms with E-state index in [2.05, 4.69) is 5.48 Å².